The molecule has 0 saturated heterocycles. The molecule has 3 nitrogen and oxygen atoms in total. The third kappa shape index (κ3) is 4.34. The highest BCUT2D eigenvalue weighted by molar-refractivity contribution is 5.36. The summed E-state index contributed by atoms with van der Waals surface area (Å²) >= 11 is 0. The number of hydrogen-bond donors (Lipinski definition) is 0. The Morgan fingerprint density at radius 3 is 2.58 bits per heavy atom. The summed E-state index contributed by atoms with van der Waals surface area (Å²) in [6.07, 6.45) is 2.07. The molecule has 0 saturated carbocycles. The van der Waals surface area contributed by atoms with Crippen LogP contribution in [0.3, 0.4) is 0 Å². The third-order valence-electron chi connectivity index (χ3n) is 2.17. The number of rotatable bonds is 7. The zero-order valence-corrected chi connectivity index (χ0v) is 8.08. The van der Waals surface area contributed by atoms with Crippen LogP contribution in [-0.2, 0) is 14.3 Å². The second kappa shape index (κ2) is 7.10. The molecule has 0 bridgehead atoms. The van der Waals surface area contributed by atoms with Crippen LogP contribution < -0.4 is 0 Å². The molecule has 0 N–H and O–H groups in total. The van der Waals surface area contributed by atoms with E-state index in [0.717, 1.165) is 12.8 Å². The highest BCUT2D eigenvalue weighted by Crippen LogP contribution is 2.13. The number of methoxy groups -OCH3 is 1. The summed E-state index contributed by atoms with van der Waals surface area (Å²) in [6, 6.07) is 0. The van der Waals surface area contributed by atoms with Gasteiger partial charge < -0.3 is 9.47 Å². The lowest BCUT2D eigenvalue weighted by Crippen LogP contribution is -2.21. The molecule has 0 aromatic carbocycles. The van der Waals surface area contributed by atoms with Crippen molar-refractivity contribution >= 4 is 6.47 Å². The van der Waals surface area contributed by atoms with Crippen LogP contribution >= 0.6 is 0 Å². The van der Waals surface area contributed by atoms with Crippen molar-refractivity contribution in [3.63, 3.8) is 0 Å². The van der Waals surface area contributed by atoms with E-state index in [-0.39, 0.29) is 6.10 Å². The van der Waals surface area contributed by atoms with Gasteiger partial charge in [0.1, 0.15) is 0 Å². The van der Waals surface area contributed by atoms with Gasteiger partial charge in [-0.05, 0) is 5.92 Å². The van der Waals surface area contributed by atoms with E-state index in [9.17, 15) is 4.79 Å². The van der Waals surface area contributed by atoms with Crippen molar-refractivity contribution in [3.05, 3.63) is 0 Å². The van der Waals surface area contributed by atoms with Crippen molar-refractivity contribution in [2.75, 3.05) is 13.7 Å². The second-order valence-corrected chi connectivity index (χ2v) is 2.92. The van der Waals surface area contributed by atoms with E-state index in [4.69, 9.17) is 4.74 Å². The van der Waals surface area contributed by atoms with Gasteiger partial charge in [0.25, 0.3) is 6.47 Å². The largest absolute Gasteiger partial charge is 0.468 e. The van der Waals surface area contributed by atoms with Crippen molar-refractivity contribution in [1.82, 2.24) is 0 Å². The quantitative estimate of drug-likeness (QED) is 0.434. The highest BCUT2D eigenvalue weighted by atomic mass is 16.5. The summed E-state index contributed by atoms with van der Waals surface area (Å²) in [7, 11) is 1.69. The molecule has 0 aliphatic rings. The summed E-state index contributed by atoms with van der Waals surface area (Å²) in [5.74, 6) is 0.519. The first kappa shape index (κ1) is 11.4. The number of ether oxygens (including phenoxy) is 2. The maximum Gasteiger partial charge on any atom is 0.293 e. The molecule has 72 valence electrons. The molecule has 3 heteroatoms. The third-order valence-corrected chi connectivity index (χ3v) is 2.17. The fraction of sp³-hybridized carbons (Fsp3) is 0.889. The predicted octanol–water partition coefficient (Wildman–Crippen LogP) is 1.61. The Morgan fingerprint density at radius 1 is 1.50 bits per heavy atom. The first-order valence-corrected chi connectivity index (χ1v) is 4.34. The summed E-state index contributed by atoms with van der Waals surface area (Å²) in [6.45, 7) is 5.18. The van der Waals surface area contributed by atoms with E-state index in [0.29, 0.717) is 19.0 Å². The number of carbonyl (C=O) groups excluding carboxylic acids is 1. The van der Waals surface area contributed by atoms with Gasteiger partial charge in [-0.15, -0.1) is 0 Å². The van der Waals surface area contributed by atoms with E-state index >= 15 is 0 Å². The van der Waals surface area contributed by atoms with Crippen LogP contribution in [0.25, 0.3) is 0 Å². The molecule has 0 heterocycles. The first-order chi connectivity index (χ1) is 5.76. The van der Waals surface area contributed by atoms with Gasteiger partial charge in [-0.2, -0.15) is 0 Å². The van der Waals surface area contributed by atoms with Gasteiger partial charge in [-0.1, -0.05) is 20.3 Å². The smallest absolute Gasteiger partial charge is 0.293 e. The molecule has 2 atom stereocenters. The number of hydrogen-bond acceptors (Lipinski definition) is 3. The minimum atomic E-state index is 0.204. The highest BCUT2D eigenvalue weighted by Gasteiger charge is 2.14. The molecule has 0 aliphatic heterocycles. The number of carbonyl (C=O) groups is 1. The topological polar surface area (TPSA) is 35.5 Å². The van der Waals surface area contributed by atoms with E-state index in [1.54, 1.807) is 7.11 Å². The Labute approximate surface area is 74.0 Å². The molecular formula is C9H18O3. The van der Waals surface area contributed by atoms with Gasteiger partial charge in [0, 0.05) is 13.5 Å². The van der Waals surface area contributed by atoms with Crippen LogP contribution in [0.5, 0.6) is 0 Å². The molecule has 2 unspecified atom stereocenters. The Balaban J connectivity index is 3.58. The summed E-state index contributed by atoms with van der Waals surface area (Å²) in [4.78, 5) is 9.85. The standard InChI is InChI=1S/C9H18O3/c1-4-8(2)9(11-3)5-6-12-7-10/h7-9H,4-6H2,1-3H3. The van der Waals surface area contributed by atoms with Gasteiger partial charge in [0.15, 0.2) is 0 Å². The Kier molecular flexibility index (Phi) is 6.76. The molecule has 12 heavy (non-hydrogen) atoms. The average Bonchev–Trinajstić information content (AvgIpc) is 2.11. The summed E-state index contributed by atoms with van der Waals surface area (Å²) < 4.78 is 9.85. The van der Waals surface area contributed by atoms with Crippen LogP contribution in [0.1, 0.15) is 26.7 Å². The van der Waals surface area contributed by atoms with Crippen molar-refractivity contribution in [2.45, 2.75) is 32.8 Å². The molecule has 0 fully saturated rings. The van der Waals surface area contributed by atoms with Crippen LogP contribution in [0.2, 0.25) is 0 Å². The molecule has 0 spiro atoms. The van der Waals surface area contributed by atoms with Crippen molar-refractivity contribution in [2.24, 2.45) is 5.92 Å². The summed E-state index contributed by atoms with van der Waals surface area (Å²) in [5, 5.41) is 0. The molecule has 0 radical (unpaired) electrons. The second-order valence-electron chi connectivity index (χ2n) is 2.92. The van der Waals surface area contributed by atoms with Gasteiger partial charge >= 0.3 is 0 Å². The van der Waals surface area contributed by atoms with Gasteiger partial charge in [0.2, 0.25) is 0 Å². The van der Waals surface area contributed by atoms with Crippen molar-refractivity contribution in [1.29, 1.82) is 0 Å². The zero-order valence-electron chi connectivity index (χ0n) is 8.08. The molecule has 0 aliphatic carbocycles. The Hall–Kier alpha value is -0.570. The first-order valence-electron chi connectivity index (χ1n) is 4.34. The van der Waals surface area contributed by atoms with E-state index < -0.39 is 0 Å². The maximum absolute atomic E-state index is 9.85. The average molecular weight is 174 g/mol. The van der Waals surface area contributed by atoms with Crippen molar-refractivity contribution < 1.29 is 14.3 Å². The fourth-order valence-corrected chi connectivity index (χ4v) is 1.13. The lowest BCUT2D eigenvalue weighted by Gasteiger charge is -2.20. The monoisotopic (exact) mass is 174 g/mol. The Bertz CT molecular complexity index is 114. The molecule has 0 aromatic rings. The SMILES string of the molecule is CCC(C)C(CCOC=O)OC. The van der Waals surface area contributed by atoms with E-state index in [2.05, 4.69) is 18.6 Å². The van der Waals surface area contributed by atoms with Crippen LogP contribution in [0.4, 0.5) is 0 Å². The van der Waals surface area contributed by atoms with E-state index in [1.165, 1.54) is 0 Å². The minimum Gasteiger partial charge on any atom is -0.468 e. The van der Waals surface area contributed by atoms with Gasteiger partial charge in [-0.25, -0.2) is 0 Å². The van der Waals surface area contributed by atoms with Crippen LogP contribution in [-0.4, -0.2) is 26.3 Å². The lowest BCUT2D eigenvalue weighted by molar-refractivity contribution is -0.129. The summed E-state index contributed by atoms with van der Waals surface area (Å²) in [5.41, 5.74) is 0. The predicted molar refractivity (Wildman–Crippen MR) is 46.9 cm³/mol. The normalized spacial score (nSPS) is 15.2. The maximum atomic E-state index is 9.85. The lowest BCUT2D eigenvalue weighted by atomic mass is 9.99. The van der Waals surface area contributed by atoms with E-state index in [1.807, 2.05) is 0 Å². The van der Waals surface area contributed by atoms with Crippen molar-refractivity contribution in [3.8, 4) is 0 Å². The molecular weight excluding hydrogens is 156 g/mol. The Morgan fingerprint density at radius 2 is 2.17 bits per heavy atom. The van der Waals surface area contributed by atoms with Gasteiger partial charge in [0.05, 0.1) is 12.7 Å². The molecule has 0 rings (SSSR count). The fourth-order valence-electron chi connectivity index (χ4n) is 1.13. The minimum absolute atomic E-state index is 0.204. The molecule has 0 aromatic heterocycles. The zero-order chi connectivity index (χ0) is 9.40. The molecule has 0 amide bonds. The van der Waals surface area contributed by atoms with Crippen LogP contribution in [0, 0.1) is 5.92 Å². The van der Waals surface area contributed by atoms with Gasteiger partial charge in [-0.3, -0.25) is 4.79 Å². The van der Waals surface area contributed by atoms with Crippen LogP contribution in [0.15, 0.2) is 0 Å².